The molecule has 1 fully saturated rings. The highest BCUT2D eigenvalue weighted by Crippen LogP contribution is 2.21. The van der Waals surface area contributed by atoms with Crippen LogP contribution >= 0.6 is 0 Å². The summed E-state index contributed by atoms with van der Waals surface area (Å²) in [5, 5.41) is 8.76. The van der Waals surface area contributed by atoms with E-state index in [4.69, 9.17) is 10.00 Å². The van der Waals surface area contributed by atoms with Gasteiger partial charge in [-0.25, -0.2) is 0 Å². The van der Waals surface area contributed by atoms with Crippen molar-refractivity contribution in [2.24, 2.45) is 0 Å². The summed E-state index contributed by atoms with van der Waals surface area (Å²) in [5.41, 5.74) is 2.06. The molecule has 1 heterocycles. The SMILES string of the molecule is CC1(C)COCCN1Cc1ccc(C#N)cc1. The number of rotatable bonds is 2. The Morgan fingerprint density at radius 3 is 2.65 bits per heavy atom. The van der Waals surface area contributed by atoms with Gasteiger partial charge in [0.15, 0.2) is 0 Å². The first kappa shape index (κ1) is 12.1. The minimum absolute atomic E-state index is 0.0894. The highest BCUT2D eigenvalue weighted by atomic mass is 16.5. The first-order chi connectivity index (χ1) is 8.12. The Bertz CT molecular complexity index is 417. The fourth-order valence-corrected chi connectivity index (χ4v) is 2.09. The molecule has 0 amide bonds. The van der Waals surface area contributed by atoms with Crippen LogP contribution in [-0.4, -0.2) is 30.2 Å². The standard InChI is InChI=1S/C14H18N2O/c1-14(2)11-17-8-7-16(14)10-13-5-3-12(9-15)4-6-13/h3-6H,7-8,10-11H2,1-2H3. The summed E-state index contributed by atoms with van der Waals surface area (Å²) < 4.78 is 5.50. The van der Waals surface area contributed by atoms with Gasteiger partial charge < -0.3 is 4.74 Å². The predicted octanol–water partition coefficient (Wildman–Crippen LogP) is 2.17. The van der Waals surface area contributed by atoms with E-state index in [2.05, 4.69) is 24.8 Å². The van der Waals surface area contributed by atoms with Crippen LogP contribution in [0.4, 0.5) is 0 Å². The monoisotopic (exact) mass is 230 g/mol. The summed E-state index contributed by atoms with van der Waals surface area (Å²) in [6.07, 6.45) is 0. The van der Waals surface area contributed by atoms with Crippen molar-refractivity contribution in [3.63, 3.8) is 0 Å². The second-order valence-electron chi connectivity index (χ2n) is 5.10. The van der Waals surface area contributed by atoms with Crippen molar-refractivity contribution in [2.75, 3.05) is 19.8 Å². The van der Waals surface area contributed by atoms with Gasteiger partial charge in [-0.2, -0.15) is 5.26 Å². The lowest BCUT2D eigenvalue weighted by Gasteiger charge is -2.42. The Labute approximate surface area is 103 Å². The van der Waals surface area contributed by atoms with Crippen molar-refractivity contribution in [3.05, 3.63) is 35.4 Å². The first-order valence-corrected chi connectivity index (χ1v) is 5.94. The number of hydrogen-bond donors (Lipinski definition) is 0. The molecule has 90 valence electrons. The molecule has 0 bridgehead atoms. The van der Waals surface area contributed by atoms with Crippen molar-refractivity contribution in [2.45, 2.75) is 25.9 Å². The maximum atomic E-state index is 8.76. The van der Waals surface area contributed by atoms with Gasteiger partial charge in [0.05, 0.1) is 24.8 Å². The Hall–Kier alpha value is -1.37. The summed E-state index contributed by atoms with van der Waals surface area (Å²) >= 11 is 0. The van der Waals surface area contributed by atoms with Crippen molar-refractivity contribution in [1.29, 1.82) is 5.26 Å². The molecule has 0 atom stereocenters. The van der Waals surface area contributed by atoms with Crippen molar-refractivity contribution < 1.29 is 4.74 Å². The van der Waals surface area contributed by atoms with Crippen LogP contribution in [-0.2, 0) is 11.3 Å². The van der Waals surface area contributed by atoms with E-state index in [0.717, 1.165) is 31.9 Å². The lowest BCUT2D eigenvalue weighted by Crippen LogP contribution is -2.52. The summed E-state index contributed by atoms with van der Waals surface area (Å²) in [7, 11) is 0. The zero-order valence-electron chi connectivity index (χ0n) is 10.4. The molecule has 3 heteroatoms. The fourth-order valence-electron chi connectivity index (χ4n) is 2.09. The Kier molecular flexibility index (Phi) is 3.46. The molecule has 1 aliphatic rings. The summed E-state index contributed by atoms with van der Waals surface area (Å²) in [5.74, 6) is 0. The maximum absolute atomic E-state index is 8.76. The third kappa shape index (κ3) is 2.85. The van der Waals surface area contributed by atoms with Crippen LogP contribution in [0.15, 0.2) is 24.3 Å². The molecule has 1 aromatic rings. The fraction of sp³-hybridized carbons (Fsp3) is 0.500. The number of morpholine rings is 1. The third-order valence-corrected chi connectivity index (χ3v) is 3.27. The summed E-state index contributed by atoms with van der Waals surface area (Å²) in [4.78, 5) is 2.43. The zero-order chi connectivity index (χ0) is 12.3. The van der Waals surface area contributed by atoms with Crippen LogP contribution in [0.1, 0.15) is 25.0 Å². The van der Waals surface area contributed by atoms with Crippen molar-refractivity contribution in [1.82, 2.24) is 4.90 Å². The van der Waals surface area contributed by atoms with Crippen molar-refractivity contribution in [3.8, 4) is 6.07 Å². The average molecular weight is 230 g/mol. The molecule has 0 saturated carbocycles. The number of nitrogens with zero attached hydrogens (tertiary/aromatic N) is 2. The van der Waals surface area contributed by atoms with Gasteiger partial charge in [-0.3, -0.25) is 4.90 Å². The smallest absolute Gasteiger partial charge is 0.0991 e. The molecule has 0 aromatic heterocycles. The highest BCUT2D eigenvalue weighted by molar-refractivity contribution is 5.31. The van der Waals surface area contributed by atoms with E-state index < -0.39 is 0 Å². The van der Waals surface area contributed by atoms with Crippen LogP contribution in [0.3, 0.4) is 0 Å². The molecule has 0 N–H and O–H groups in total. The van der Waals surface area contributed by atoms with E-state index in [0.29, 0.717) is 0 Å². The van der Waals surface area contributed by atoms with Gasteiger partial charge in [0.25, 0.3) is 0 Å². The molecule has 1 saturated heterocycles. The Morgan fingerprint density at radius 2 is 2.06 bits per heavy atom. The number of benzene rings is 1. The van der Waals surface area contributed by atoms with Crippen LogP contribution in [0.2, 0.25) is 0 Å². The van der Waals surface area contributed by atoms with Gasteiger partial charge in [0.2, 0.25) is 0 Å². The van der Waals surface area contributed by atoms with Gasteiger partial charge in [-0.15, -0.1) is 0 Å². The molecule has 1 aromatic carbocycles. The molecule has 0 spiro atoms. The second-order valence-corrected chi connectivity index (χ2v) is 5.10. The third-order valence-electron chi connectivity index (χ3n) is 3.27. The van der Waals surface area contributed by atoms with E-state index in [1.54, 1.807) is 0 Å². The Balaban J connectivity index is 2.06. The predicted molar refractivity (Wildman–Crippen MR) is 66.5 cm³/mol. The minimum atomic E-state index is 0.0894. The average Bonchev–Trinajstić information content (AvgIpc) is 2.33. The normalized spacial score (nSPS) is 19.8. The summed E-state index contributed by atoms with van der Waals surface area (Å²) in [6, 6.07) is 9.96. The summed E-state index contributed by atoms with van der Waals surface area (Å²) in [6.45, 7) is 7.88. The van der Waals surface area contributed by atoms with Crippen LogP contribution in [0.25, 0.3) is 0 Å². The molecule has 0 aliphatic carbocycles. The molecule has 1 aliphatic heterocycles. The molecular weight excluding hydrogens is 212 g/mol. The van der Waals surface area contributed by atoms with E-state index >= 15 is 0 Å². The van der Waals surface area contributed by atoms with E-state index in [1.165, 1.54) is 5.56 Å². The molecule has 0 radical (unpaired) electrons. The largest absolute Gasteiger partial charge is 0.378 e. The molecule has 17 heavy (non-hydrogen) atoms. The molecule has 2 rings (SSSR count). The number of nitriles is 1. The van der Waals surface area contributed by atoms with E-state index in [9.17, 15) is 0 Å². The second kappa shape index (κ2) is 4.87. The topological polar surface area (TPSA) is 36.3 Å². The van der Waals surface area contributed by atoms with Gasteiger partial charge in [0, 0.05) is 18.6 Å². The Morgan fingerprint density at radius 1 is 1.35 bits per heavy atom. The van der Waals surface area contributed by atoms with Gasteiger partial charge in [0.1, 0.15) is 0 Å². The van der Waals surface area contributed by atoms with Gasteiger partial charge >= 0.3 is 0 Å². The number of hydrogen-bond acceptors (Lipinski definition) is 3. The molecular formula is C14H18N2O. The van der Waals surface area contributed by atoms with Gasteiger partial charge in [-0.05, 0) is 31.5 Å². The van der Waals surface area contributed by atoms with Crippen LogP contribution in [0.5, 0.6) is 0 Å². The highest BCUT2D eigenvalue weighted by Gasteiger charge is 2.30. The van der Waals surface area contributed by atoms with Crippen LogP contribution < -0.4 is 0 Å². The zero-order valence-corrected chi connectivity index (χ0v) is 10.4. The lowest BCUT2D eigenvalue weighted by molar-refractivity contribution is -0.0552. The van der Waals surface area contributed by atoms with E-state index in [-0.39, 0.29) is 5.54 Å². The molecule has 0 unspecified atom stereocenters. The van der Waals surface area contributed by atoms with Crippen molar-refractivity contribution >= 4 is 0 Å². The van der Waals surface area contributed by atoms with Crippen LogP contribution in [0, 0.1) is 11.3 Å². The molecule has 3 nitrogen and oxygen atoms in total. The van der Waals surface area contributed by atoms with Gasteiger partial charge in [-0.1, -0.05) is 12.1 Å². The number of ether oxygens (including phenoxy) is 1. The minimum Gasteiger partial charge on any atom is -0.378 e. The van der Waals surface area contributed by atoms with E-state index in [1.807, 2.05) is 24.3 Å². The first-order valence-electron chi connectivity index (χ1n) is 5.94. The lowest BCUT2D eigenvalue weighted by atomic mass is 10.0. The quantitative estimate of drug-likeness (QED) is 0.781. The maximum Gasteiger partial charge on any atom is 0.0991 e.